The van der Waals surface area contributed by atoms with Crippen LogP contribution in [0.3, 0.4) is 0 Å². The monoisotopic (exact) mass is 630 g/mol. The summed E-state index contributed by atoms with van der Waals surface area (Å²) in [6.45, 7) is 3.73. The Morgan fingerprint density at radius 2 is 1.22 bits per heavy atom. The highest BCUT2D eigenvalue weighted by molar-refractivity contribution is 6.24. The number of rotatable bonds is 8. The molecule has 1 aliphatic heterocycles. The van der Waals surface area contributed by atoms with Gasteiger partial charge in [-0.15, -0.1) is 13.2 Å². The molecule has 0 aliphatic carbocycles. The van der Waals surface area contributed by atoms with Crippen LogP contribution in [0.15, 0.2) is 85.2 Å². The van der Waals surface area contributed by atoms with Crippen LogP contribution in [0.1, 0.15) is 36.8 Å². The van der Waals surface area contributed by atoms with Crippen molar-refractivity contribution in [3.63, 3.8) is 0 Å². The van der Waals surface area contributed by atoms with Gasteiger partial charge in [-0.25, -0.2) is 9.69 Å². The Balaban J connectivity index is 1.51. The van der Waals surface area contributed by atoms with Crippen molar-refractivity contribution in [2.45, 2.75) is 37.6 Å². The van der Waals surface area contributed by atoms with E-state index in [0.29, 0.717) is 22.5 Å². The topological polar surface area (TPSA) is 103 Å². The number of halogens is 3. The Hall–Kier alpha value is -5.39. The largest absolute Gasteiger partial charge is 0.573 e. The number of nitrogens with zero attached hydrogens (tertiary/aromatic N) is 3. The second kappa shape index (κ2) is 11.5. The number of alkyl halides is 3. The molecule has 0 spiro atoms. The highest BCUT2D eigenvalue weighted by atomic mass is 19.4. The van der Waals surface area contributed by atoms with E-state index in [-0.39, 0.29) is 5.69 Å². The number of hydrogen-bond acceptors (Lipinski definition) is 7. The zero-order valence-corrected chi connectivity index (χ0v) is 25.3. The normalized spacial score (nSPS) is 18.0. The van der Waals surface area contributed by atoms with Gasteiger partial charge in [-0.3, -0.25) is 14.8 Å². The fourth-order valence-electron chi connectivity index (χ4n) is 6.36. The molecule has 3 heterocycles. The average molecular weight is 631 g/mol. The Morgan fingerprint density at radius 1 is 0.739 bits per heavy atom. The third kappa shape index (κ3) is 5.19. The number of hydrogen-bond donors (Lipinski definition) is 1. The molecule has 2 atom stereocenters. The first-order chi connectivity index (χ1) is 22.0. The van der Waals surface area contributed by atoms with Gasteiger partial charge in [-0.2, -0.15) is 0 Å². The lowest BCUT2D eigenvalue weighted by atomic mass is 9.68. The number of nitrogens with one attached hydrogen (secondary N) is 1. The molecule has 3 aromatic carbocycles. The minimum atomic E-state index is -4.89. The summed E-state index contributed by atoms with van der Waals surface area (Å²) >= 11 is 0. The van der Waals surface area contributed by atoms with E-state index in [9.17, 15) is 22.8 Å². The van der Waals surface area contributed by atoms with Crippen LogP contribution < -0.4 is 24.4 Å². The maximum atomic E-state index is 14.8. The Morgan fingerprint density at radius 3 is 1.67 bits per heavy atom. The van der Waals surface area contributed by atoms with Crippen LogP contribution in [0.25, 0.3) is 21.8 Å². The van der Waals surface area contributed by atoms with Gasteiger partial charge in [0.25, 0.3) is 5.91 Å². The zero-order valence-electron chi connectivity index (χ0n) is 25.3. The molecule has 46 heavy (non-hydrogen) atoms. The number of fused-ring (bicyclic) bond motifs is 2. The van der Waals surface area contributed by atoms with Crippen LogP contribution in [-0.2, 0) is 4.79 Å². The van der Waals surface area contributed by atoms with Crippen molar-refractivity contribution < 1.29 is 37.0 Å². The van der Waals surface area contributed by atoms with Crippen LogP contribution in [0, 0.1) is 0 Å². The fraction of sp³-hybridized carbons (Fsp3) is 0.235. The van der Waals surface area contributed by atoms with E-state index in [4.69, 9.17) is 9.47 Å². The first kappa shape index (κ1) is 30.6. The predicted molar refractivity (Wildman–Crippen MR) is 165 cm³/mol. The van der Waals surface area contributed by atoms with Crippen LogP contribution in [0.5, 0.6) is 17.2 Å². The number of aromatic nitrogens is 2. The van der Waals surface area contributed by atoms with Crippen molar-refractivity contribution in [1.82, 2.24) is 15.3 Å². The summed E-state index contributed by atoms with van der Waals surface area (Å²) in [4.78, 5) is 38.6. The molecule has 9 nitrogen and oxygen atoms in total. The van der Waals surface area contributed by atoms with E-state index in [1.54, 1.807) is 50.9 Å². The number of ether oxygens (including phenoxy) is 3. The smallest absolute Gasteiger partial charge is 0.497 e. The summed E-state index contributed by atoms with van der Waals surface area (Å²) < 4.78 is 53.2. The number of carbonyl (C=O) groups excluding carboxylic acids is 2. The molecule has 12 heteroatoms. The number of benzene rings is 3. The van der Waals surface area contributed by atoms with Gasteiger partial charge in [0.2, 0.25) is 0 Å². The Kier molecular flexibility index (Phi) is 7.67. The summed E-state index contributed by atoms with van der Waals surface area (Å²) in [5.74, 6) is -1.08. The van der Waals surface area contributed by atoms with Gasteiger partial charge in [-0.05, 0) is 71.8 Å². The Bertz CT molecular complexity index is 1870. The number of anilines is 1. The molecule has 1 N–H and O–H groups in total. The molecule has 0 saturated carbocycles. The van der Waals surface area contributed by atoms with Crippen molar-refractivity contribution in [3.8, 4) is 17.2 Å². The second-order valence-corrected chi connectivity index (χ2v) is 11.0. The van der Waals surface area contributed by atoms with Gasteiger partial charge < -0.3 is 19.5 Å². The molecular formula is C34H29F3N4O5. The van der Waals surface area contributed by atoms with Crippen LogP contribution >= 0.6 is 0 Å². The van der Waals surface area contributed by atoms with E-state index in [2.05, 4.69) is 20.0 Å². The molecule has 2 aromatic heterocycles. The van der Waals surface area contributed by atoms with E-state index in [0.717, 1.165) is 38.9 Å². The standard InChI is InChI=1S/C34H29F3N4O5/c1-19(25-13-15-38-29-17-23(44-3)9-11-27(25)29)33(20(2)26-14-16-39-30-18-24(45-4)10-12-28(26)30)31(42)41(32(43)40-33)21-5-7-22(8-6-21)46-34(35,36)37/h5-20H,1-4H3,(H,40,43). The first-order valence-corrected chi connectivity index (χ1v) is 14.3. The van der Waals surface area contributed by atoms with Gasteiger partial charge >= 0.3 is 12.4 Å². The van der Waals surface area contributed by atoms with Gasteiger partial charge in [0, 0.05) is 47.1 Å². The summed E-state index contributed by atoms with van der Waals surface area (Å²) in [6, 6.07) is 18.4. The molecular weight excluding hydrogens is 601 g/mol. The van der Waals surface area contributed by atoms with Crippen LogP contribution in [0.2, 0.25) is 0 Å². The number of carbonyl (C=O) groups is 2. The molecule has 6 rings (SSSR count). The van der Waals surface area contributed by atoms with E-state index < -0.39 is 41.4 Å². The van der Waals surface area contributed by atoms with Gasteiger partial charge in [-0.1, -0.05) is 13.8 Å². The molecule has 1 saturated heterocycles. The number of urea groups is 1. The third-order valence-electron chi connectivity index (χ3n) is 8.67. The van der Waals surface area contributed by atoms with Crippen LogP contribution in [-0.4, -0.2) is 48.0 Å². The van der Waals surface area contributed by atoms with Crippen molar-refractivity contribution >= 4 is 39.4 Å². The van der Waals surface area contributed by atoms with Gasteiger partial charge in [0.1, 0.15) is 22.8 Å². The molecule has 236 valence electrons. The molecule has 2 unspecified atom stereocenters. The number of amides is 3. The molecule has 5 aromatic rings. The van der Waals surface area contributed by atoms with E-state index >= 15 is 0 Å². The lowest BCUT2D eigenvalue weighted by Crippen LogP contribution is -2.55. The summed E-state index contributed by atoms with van der Waals surface area (Å²) in [7, 11) is 3.12. The minimum Gasteiger partial charge on any atom is -0.497 e. The quantitative estimate of drug-likeness (QED) is 0.183. The highest BCUT2D eigenvalue weighted by Gasteiger charge is 2.59. The molecule has 0 radical (unpaired) electrons. The Labute approximate surface area is 261 Å². The number of methoxy groups -OCH3 is 2. The average Bonchev–Trinajstić information content (AvgIpc) is 3.32. The van der Waals surface area contributed by atoms with Crippen molar-refractivity contribution in [2.24, 2.45) is 0 Å². The second-order valence-electron chi connectivity index (χ2n) is 11.0. The summed E-state index contributed by atoms with van der Waals surface area (Å²) in [5.41, 5.74) is 1.32. The van der Waals surface area contributed by atoms with Crippen molar-refractivity contribution in [1.29, 1.82) is 0 Å². The van der Waals surface area contributed by atoms with Crippen molar-refractivity contribution in [2.75, 3.05) is 19.1 Å². The third-order valence-corrected chi connectivity index (χ3v) is 8.67. The maximum Gasteiger partial charge on any atom is 0.573 e. The number of imide groups is 1. The maximum absolute atomic E-state index is 14.8. The first-order valence-electron chi connectivity index (χ1n) is 14.3. The molecule has 1 fully saturated rings. The van der Waals surface area contributed by atoms with E-state index in [1.165, 1.54) is 12.1 Å². The zero-order chi connectivity index (χ0) is 32.8. The lowest BCUT2D eigenvalue weighted by molar-refractivity contribution is -0.274. The number of pyridine rings is 2. The highest BCUT2D eigenvalue weighted by Crippen LogP contribution is 2.47. The summed E-state index contributed by atoms with van der Waals surface area (Å²) in [5, 5.41) is 4.55. The fourth-order valence-corrected chi connectivity index (χ4v) is 6.36. The van der Waals surface area contributed by atoms with Crippen molar-refractivity contribution in [3.05, 3.63) is 96.3 Å². The van der Waals surface area contributed by atoms with Crippen LogP contribution in [0.4, 0.5) is 23.7 Å². The predicted octanol–water partition coefficient (Wildman–Crippen LogP) is 7.10. The SMILES string of the molecule is COc1ccc2c(C(C)C3(C(C)c4ccnc5cc(OC)ccc45)NC(=O)N(c4ccc(OC(F)(F)F)cc4)C3=O)ccnc2c1. The minimum absolute atomic E-state index is 0.0898. The van der Waals surface area contributed by atoms with Gasteiger partial charge in [0.15, 0.2) is 0 Å². The van der Waals surface area contributed by atoms with Gasteiger partial charge in [0.05, 0.1) is 30.9 Å². The molecule has 0 bridgehead atoms. The van der Waals surface area contributed by atoms with E-state index in [1.807, 2.05) is 38.1 Å². The summed E-state index contributed by atoms with van der Waals surface area (Å²) in [6.07, 6.45) is -1.62. The lowest BCUT2D eigenvalue weighted by Gasteiger charge is -2.39. The molecule has 1 aliphatic rings. The molecule has 3 amide bonds.